The van der Waals surface area contributed by atoms with Crippen LogP contribution in [0.25, 0.3) is 11.0 Å². The third-order valence-corrected chi connectivity index (χ3v) is 7.92. The summed E-state index contributed by atoms with van der Waals surface area (Å²) in [5, 5.41) is 4.16. The minimum Gasteiger partial charge on any atom is -0.349 e. The summed E-state index contributed by atoms with van der Waals surface area (Å²) in [7, 11) is 0. The molecule has 36 heavy (non-hydrogen) atoms. The zero-order chi connectivity index (χ0) is 24.9. The van der Waals surface area contributed by atoms with Gasteiger partial charge in [-0.2, -0.15) is 0 Å². The fraction of sp³-hybridized carbons (Fsp3) is 0.333. The van der Waals surface area contributed by atoms with Crippen LogP contribution < -0.4 is 5.32 Å². The summed E-state index contributed by atoms with van der Waals surface area (Å²) in [4.78, 5) is 18.1. The highest BCUT2D eigenvalue weighted by atomic mass is 32.2. The van der Waals surface area contributed by atoms with E-state index >= 15 is 0 Å². The first-order valence-corrected chi connectivity index (χ1v) is 13.8. The standard InChI is InChI=1S/C30H32FN3OS/c1-21-7-6-8-23(17-21)19-34-28-18-24(29(35)32-26-9-4-2-3-5-10-26)13-16-27(28)33-30(34)36-20-22-11-14-25(31)15-12-22/h6-8,11-18,26H,2-5,9-10,19-20H2,1H3,(H,32,35). The molecule has 0 aliphatic heterocycles. The fourth-order valence-corrected chi connectivity index (χ4v) is 5.89. The third-order valence-electron chi connectivity index (χ3n) is 6.87. The Hall–Kier alpha value is -3.12. The number of rotatable bonds is 7. The van der Waals surface area contributed by atoms with Crippen LogP contribution in [0.5, 0.6) is 0 Å². The van der Waals surface area contributed by atoms with Crippen molar-refractivity contribution in [3.63, 3.8) is 0 Å². The lowest BCUT2D eigenvalue weighted by atomic mass is 10.1. The summed E-state index contributed by atoms with van der Waals surface area (Å²) in [6.45, 7) is 2.76. The number of imidazole rings is 1. The Kier molecular flexibility index (Phi) is 7.71. The first-order chi connectivity index (χ1) is 17.5. The van der Waals surface area contributed by atoms with Gasteiger partial charge >= 0.3 is 0 Å². The smallest absolute Gasteiger partial charge is 0.251 e. The van der Waals surface area contributed by atoms with Crippen LogP contribution in [-0.2, 0) is 12.3 Å². The lowest BCUT2D eigenvalue weighted by Gasteiger charge is -2.16. The van der Waals surface area contributed by atoms with Gasteiger partial charge in [-0.1, -0.05) is 79.4 Å². The highest BCUT2D eigenvalue weighted by Crippen LogP contribution is 2.29. The van der Waals surface area contributed by atoms with Crippen molar-refractivity contribution >= 4 is 28.7 Å². The van der Waals surface area contributed by atoms with Crippen LogP contribution in [-0.4, -0.2) is 21.5 Å². The quantitative estimate of drug-likeness (QED) is 0.214. The number of nitrogens with one attached hydrogen (secondary N) is 1. The first-order valence-electron chi connectivity index (χ1n) is 12.8. The third kappa shape index (κ3) is 5.98. The molecule has 0 spiro atoms. The summed E-state index contributed by atoms with van der Waals surface area (Å²) >= 11 is 1.63. The van der Waals surface area contributed by atoms with Gasteiger partial charge in [0.05, 0.1) is 17.6 Å². The van der Waals surface area contributed by atoms with E-state index in [1.807, 2.05) is 30.3 Å². The molecule has 5 rings (SSSR count). The molecule has 0 bridgehead atoms. The van der Waals surface area contributed by atoms with Gasteiger partial charge in [0.15, 0.2) is 5.16 Å². The van der Waals surface area contributed by atoms with Crippen molar-refractivity contribution in [2.24, 2.45) is 0 Å². The summed E-state index contributed by atoms with van der Waals surface area (Å²) in [6, 6.07) is 21.1. The van der Waals surface area contributed by atoms with E-state index in [0.29, 0.717) is 17.9 Å². The van der Waals surface area contributed by atoms with Crippen molar-refractivity contribution in [1.82, 2.24) is 14.9 Å². The van der Waals surface area contributed by atoms with Crippen LogP contribution in [0.3, 0.4) is 0 Å². The Morgan fingerprint density at radius 1 is 1.00 bits per heavy atom. The number of thioether (sulfide) groups is 1. The highest BCUT2D eigenvalue weighted by molar-refractivity contribution is 7.98. The number of aromatic nitrogens is 2. The number of fused-ring (bicyclic) bond motifs is 1. The van der Waals surface area contributed by atoms with Crippen molar-refractivity contribution in [3.8, 4) is 0 Å². The predicted octanol–water partition coefficient (Wildman–Crippen LogP) is 7.28. The molecule has 0 unspecified atom stereocenters. The Balaban J connectivity index is 1.44. The van der Waals surface area contributed by atoms with Crippen LogP contribution in [0.4, 0.5) is 4.39 Å². The number of carbonyl (C=O) groups excluding carboxylic acids is 1. The van der Waals surface area contributed by atoms with Gasteiger partial charge in [0, 0.05) is 17.4 Å². The monoisotopic (exact) mass is 501 g/mol. The zero-order valence-electron chi connectivity index (χ0n) is 20.7. The number of halogens is 1. The Morgan fingerprint density at radius 3 is 2.53 bits per heavy atom. The van der Waals surface area contributed by atoms with Gasteiger partial charge in [-0.25, -0.2) is 9.37 Å². The average molecular weight is 502 g/mol. The topological polar surface area (TPSA) is 46.9 Å². The molecule has 1 heterocycles. The van der Waals surface area contributed by atoms with E-state index in [9.17, 15) is 9.18 Å². The molecule has 1 N–H and O–H groups in total. The minimum absolute atomic E-state index is 0.00683. The van der Waals surface area contributed by atoms with Crippen LogP contribution in [0, 0.1) is 12.7 Å². The SMILES string of the molecule is Cc1cccc(Cn2c(SCc3ccc(F)cc3)nc3ccc(C(=O)NC4CCCCCC4)cc32)c1. The zero-order valence-corrected chi connectivity index (χ0v) is 21.5. The highest BCUT2D eigenvalue weighted by Gasteiger charge is 2.18. The Morgan fingerprint density at radius 2 is 1.78 bits per heavy atom. The van der Waals surface area contributed by atoms with Gasteiger partial charge in [0.25, 0.3) is 5.91 Å². The van der Waals surface area contributed by atoms with E-state index in [-0.39, 0.29) is 17.8 Å². The van der Waals surface area contributed by atoms with Crippen molar-refractivity contribution in [3.05, 3.63) is 94.8 Å². The van der Waals surface area contributed by atoms with Crippen LogP contribution in [0.1, 0.15) is 65.6 Å². The number of hydrogen-bond donors (Lipinski definition) is 1. The fourth-order valence-electron chi connectivity index (χ4n) is 4.92. The molecule has 0 radical (unpaired) electrons. The molecule has 1 aromatic heterocycles. The van der Waals surface area contributed by atoms with Crippen molar-refractivity contribution < 1.29 is 9.18 Å². The Bertz CT molecular complexity index is 1340. The normalized spacial score (nSPS) is 14.6. The molecule has 1 saturated carbocycles. The maximum Gasteiger partial charge on any atom is 0.251 e. The van der Waals surface area contributed by atoms with Gasteiger partial charge in [0.2, 0.25) is 0 Å². The summed E-state index contributed by atoms with van der Waals surface area (Å²) < 4.78 is 15.5. The van der Waals surface area contributed by atoms with E-state index in [1.54, 1.807) is 11.8 Å². The Labute approximate surface area is 216 Å². The van der Waals surface area contributed by atoms with Gasteiger partial charge in [0.1, 0.15) is 5.82 Å². The maximum absolute atomic E-state index is 13.3. The van der Waals surface area contributed by atoms with Gasteiger partial charge < -0.3 is 9.88 Å². The van der Waals surface area contributed by atoms with Crippen molar-refractivity contribution in [1.29, 1.82) is 0 Å². The number of carbonyl (C=O) groups is 1. The molecule has 6 heteroatoms. The lowest BCUT2D eigenvalue weighted by molar-refractivity contribution is 0.0933. The van der Waals surface area contributed by atoms with E-state index in [0.717, 1.165) is 34.6 Å². The largest absolute Gasteiger partial charge is 0.349 e. The van der Waals surface area contributed by atoms with E-state index in [4.69, 9.17) is 4.98 Å². The average Bonchev–Trinajstić information content (AvgIpc) is 3.02. The molecule has 4 aromatic rings. The molecule has 4 nitrogen and oxygen atoms in total. The van der Waals surface area contributed by atoms with Gasteiger partial charge in [-0.05, 0) is 61.2 Å². The number of benzene rings is 3. The molecule has 3 aromatic carbocycles. The van der Waals surface area contributed by atoms with Crippen molar-refractivity contribution in [2.45, 2.75) is 68.9 Å². The van der Waals surface area contributed by atoms with Crippen LogP contribution >= 0.6 is 11.8 Å². The minimum atomic E-state index is -0.231. The summed E-state index contributed by atoms with van der Waals surface area (Å²) in [5.41, 5.74) is 5.93. The number of aryl methyl sites for hydroxylation is 1. The first kappa shape index (κ1) is 24.6. The van der Waals surface area contributed by atoms with E-state index in [1.165, 1.54) is 48.9 Å². The molecule has 1 aliphatic carbocycles. The van der Waals surface area contributed by atoms with Gasteiger partial charge in [-0.15, -0.1) is 0 Å². The molecule has 0 atom stereocenters. The second-order valence-electron chi connectivity index (χ2n) is 9.75. The van der Waals surface area contributed by atoms with Gasteiger partial charge in [-0.3, -0.25) is 4.79 Å². The molecular formula is C30H32FN3OS. The number of hydrogen-bond acceptors (Lipinski definition) is 3. The number of amides is 1. The van der Waals surface area contributed by atoms with Crippen LogP contribution in [0.15, 0.2) is 71.9 Å². The molecular weight excluding hydrogens is 469 g/mol. The van der Waals surface area contributed by atoms with E-state index < -0.39 is 0 Å². The second-order valence-corrected chi connectivity index (χ2v) is 10.7. The number of nitrogens with zero attached hydrogens (tertiary/aromatic N) is 2. The lowest BCUT2D eigenvalue weighted by Crippen LogP contribution is -2.34. The molecule has 1 aliphatic rings. The summed E-state index contributed by atoms with van der Waals surface area (Å²) in [5.74, 6) is 0.449. The van der Waals surface area contributed by atoms with Crippen LogP contribution in [0.2, 0.25) is 0 Å². The van der Waals surface area contributed by atoms with Crippen molar-refractivity contribution in [2.75, 3.05) is 0 Å². The van der Waals surface area contributed by atoms with E-state index in [2.05, 4.69) is 41.1 Å². The summed E-state index contributed by atoms with van der Waals surface area (Å²) in [6.07, 6.45) is 7.00. The molecule has 1 amide bonds. The maximum atomic E-state index is 13.3. The molecule has 186 valence electrons. The molecule has 0 saturated heterocycles. The second kappa shape index (κ2) is 11.3. The predicted molar refractivity (Wildman–Crippen MR) is 145 cm³/mol. The molecule has 1 fully saturated rings.